The number of rotatable bonds is 8. The highest BCUT2D eigenvalue weighted by molar-refractivity contribution is 7.99. The van der Waals surface area contributed by atoms with Crippen molar-refractivity contribution in [1.29, 1.82) is 0 Å². The van der Waals surface area contributed by atoms with Gasteiger partial charge in [-0.15, -0.1) is 0 Å². The lowest BCUT2D eigenvalue weighted by molar-refractivity contribution is 0.296. The molecule has 96 valence electrons. The third kappa shape index (κ3) is 5.99. The van der Waals surface area contributed by atoms with Crippen molar-refractivity contribution in [1.82, 2.24) is 9.97 Å². The first-order valence-electron chi connectivity index (χ1n) is 5.37. The van der Waals surface area contributed by atoms with Gasteiger partial charge in [-0.3, -0.25) is 0 Å². The molecule has 0 aromatic carbocycles. The number of hydrogen-bond donors (Lipinski definition) is 3. The molecule has 0 aliphatic carbocycles. The van der Waals surface area contributed by atoms with Gasteiger partial charge < -0.3 is 16.2 Å². The number of thioether (sulfide) groups is 2. The standard InChI is InChI=1S/C10H18N4OS2/c1-16-10-13-8(11)7-9(14-10)12-3-6-17-5-2-4-15/h7,15H,2-6H2,1H3,(H3,11,12,13,14). The van der Waals surface area contributed by atoms with Crippen molar-refractivity contribution in [2.45, 2.75) is 11.6 Å². The Labute approximate surface area is 110 Å². The van der Waals surface area contributed by atoms with Crippen molar-refractivity contribution in [3.63, 3.8) is 0 Å². The smallest absolute Gasteiger partial charge is 0.191 e. The van der Waals surface area contributed by atoms with E-state index in [4.69, 9.17) is 10.8 Å². The first-order valence-corrected chi connectivity index (χ1v) is 7.75. The maximum Gasteiger partial charge on any atom is 0.191 e. The summed E-state index contributed by atoms with van der Waals surface area (Å²) in [7, 11) is 0. The Morgan fingerprint density at radius 3 is 2.94 bits per heavy atom. The molecular formula is C10H18N4OS2. The molecule has 0 aliphatic heterocycles. The summed E-state index contributed by atoms with van der Waals surface area (Å²) in [6.07, 6.45) is 2.77. The fourth-order valence-corrected chi connectivity index (χ4v) is 2.31. The summed E-state index contributed by atoms with van der Waals surface area (Å²) in [5, 5.41) is 12.5. The highest BCUT2D eigenvalue weighted by Gasteiger charge is 2.00. The van der Waals surface area contributed by atoms with Crippen LogP contribution in [0.5, 0.6) is 0 Å². The fraction of sp³-hybridized carbons (Fsp3) is 0.600. The summed E-state index contributed by atoms with van der Waals surface area (Å²) in [5.41, 5.74) is 5.67. The van der Waals surface area contributed by atoms with E-state index in [-0.39, 0.29) is 6.61 Å². The van der Waals surface area contributed by atoms with Crippen LogP contribution in [-0.4, -0.2) is 46.0 Å². The molecule has 4 N–H and O–H groups in total. The predicted molar refractivity (Wildman–Crippen MR) is 75.7 cm³/mol. The first-order chi connectivity index (χ1) is 8.26. The van der Waals surface area contributed by atoms with Crippen molar-refractivity contribution in [3.05, 3.63) is 6.07 Å². The molecule has 1 aromatic heterocycles. The van der Waals surface area contributed by atoms with Crippen LogP contribution in [-0.2, 0) is 0 Å². The van der Waals surface area contributed by atoms with Gasteiger partial charge in [-0.25, -0.2) is 9.97 Å². The number of hydrogen-bond acceptors (Lipinski definition) is 7. The molecule has 0 fully saturated rings. The summed E-state index contributed by atoms with van der Waals surface area (Å²) in [4.78, 5) is 8.38. The van der Waals surface area contributed by atoms with E-state index in [1.165, 1.54) is 11.8 Å². The Balaban J connectivity index is 2.28. The molecule has 1 aromatic rings. The molecule has 0 saturated heterocycles. The van der Waals surface area contributed by atoms with Crippen LogP contribution in [0.15, 0.2) is 11.2 Å². The molecule has 0 unspecified atom stereocenters. The van der Waals surface area contributed by atoms with E-state index in [0.717, 1.165) is 30.3 Å². The number of aliphatic hydroxyl groups excluding tert-OH is 1. The van der Waals surface area contributed by atoms with Crippen molar-refractivity contribution in [2.24, 2.45) is 0 Å². The van der Waals surface area contributed by atoms with E-state index in [2.05, 4.69) is 15.3 Å². The largest absolute Gasteiger partial charge is 0.396 e. The Hall–Kier alpha value is -0.660. The minimum absolute atomic E-state index is 0.264. The molecule has 17 heavy (non-hydrogen) atoms. The van der Waals surface area contributed by atoms with E-state index < -0.39 is 0 Å². The molecule has 0 aliphatic rings. The highest BCUT2D eigenvalue weighted by Crippen LogP contribution is 2.15. The van der Waals surface area contributed by atoms with Crippen LogP contribution < -0.4 is 11.1 Å². The maximum absolute atomic E-state index is 8.63. The van der Waals surface area contributed by atoms with Gasteiger partial charge in [0.2, 0.25) is 0 Å². The zero-order chi connectivity index (χ0) is 12.5. The van der Waals surface area contributed by atoms with E-state index >= 15 is 0 Å². The summed E-state index contributed by atoms with van der Waals surface area (Å²) in [6.45, 7) is 1.10. The minimum Gasteiger partial charge on any atom is -0.396 e. The quantitative estimate of drug-likeness (QED) is 0.374. The topological polar surface area (TPSA) is 84.1 Å². The predicted octanol–water partition coefficient (Wildman–Crippen LogP) is 1.31. The van der Waals surface area contributed by atoms with Crippen LogP contribution in [0.1, 0.15) is 6.42 Å². The lowest BCUT2D eigenvalue weighted by atomic mass is 10.5. The molecule has 1 rings (SSSR count). The molecule has 0 radical (unpaired) electrons. The van der Waals surface area contributed by atoms with Crippen LogP contribution in [0, 0.1) is 0 Å². The van der Waals surface area contributed by atoms with Crippen LogP contribution in [0.3, 0.4) is 0 Å². The SMILES string of the molecule is CSc1nc(N)cc(NCCSCCCO)n1. The molecule has 0 amide bonds. The molecule has 7 heteroatoms. The number of nitrogen functional groups attached to an aromatic ring is 1. The van der Waals surface area contributed by atoms with E-state index in [1.54, 1.807) is 6.07 Å². The number of aromatic nitrogens is 2. The Morgan fingerprint density at radius 2 is 2.24 bits per heavy atom. The van der Waals surface area contributed by atoms with Gasteiger partial charge in [-0.05, 0) is 18.4 Å². The van der Waals surface area contributed by atoms with Crippen LogP contribution in [0.4, 0.5) is 11.6 Å². The first kappa shape index (κ1) is 14.4. The van der Waals surface area contributed by atoms with Crippen LogP contribution in [0.2, 0.25) is 0 Å². The molecule has 5 nitrogen and oxygen atoms in total. The van der Waals surface area contributed by atoms with Crippen molar-refractivity contribution < 1.29 is 5.11 Å². The molecule has 0 bridgehead atoms. The monoisotopic (exact) mass is 274 g/mol. The number of nitrogens with zero attached hydrogens (tertiary/aromatic N) is 2. The van der Waals surface area contributed by atoms with Gasteiger partial charge in [0.1, 0.15) is 11.6 Å². The normalized spacial score (nSPS) is 10.5. The third-order valence-corrected chi connectivity index (χ3v) is 3.53. The van der Waals surface area contributed by atoms with Crippen molar-refractivity contribution in [3.8, 4) is 0 Å². The number of nitrogens with one attached hydrogen (secondary N) is 1. The minimum atomic E-state index is 0.264. The Bertz CT molecular complexity index is 338. The molecular weight excluding hydrogens is 256 g/mol. The maximum atomic E-state index is 8.63. The van der Waals surface area contributed by atoms with E-state index in [9.17, 15) is 0 Å². The lowest BCUT2D eigenvalue weighted by Crippen LogP contribution is -2.08. The zero-order valence-electron chi connectivity index (χ0n) is 9.85. The van der Waals surface area contributed by atoms with Gasteiger partial charge in [0.25, 0.3) is 0 Å². The van der Waals surface area contributed by atoms with Gasteiger partial charge in [-0.2, -0.15) is 11.8 Å². The average molecular weight is 274 g/mol. The second-order valence-corrected chi connectivity index (χ2v) is 5.28. The Kier molecular flexibility index (Phi) is 7.14. The summed E-state index contributed by atoms with van der Waals surface area (Å²) in [6, 6.07) is 1.73. The number of anilines is 2. The second kappa shape index (κ2) is 8.43. The molecule has 1 heterocycles. The van der Waals surface area contributed by atoms with Gasteiger partial charge in [0.15, 0.2) is 5.16 Å². The van der Waals surface area contributed by atoms with Crippen molar-refractivity contribution >= 4 is 35.2 Å². The van der Waals surface area contributed by atoms with Gasteiger partial charge >= 0.3 is 0 Å². The highest BCUT2D eigenvalue weighted by atomic mass is 32.2. The van der Waals surface area contributed by atoms with E-state index in [0.29, 0.717) is 11.0 Å². The third-order valence-electron chi connectivity index (χ3n) is 1.91. The molecule has 0 atom stereocenters. The molecule has 0 spiro atoms. The van der Waals surface area contributed by atoms with Gasteiger partial charge in [-0.1, -0.05) is 11.8 Å². The van der Waals surface area contributed by atoms with Gasteiger partial charge in [0.05, 0.1) is 0 Å². The zero-order valence-corrected chi connectivity index (χ0v) is 11.5. The second-order valence-electron chi connectivity index (χ2n) is 3.28. The van der Waals surface area contributed by atoms with Crippen LogP contribution >= 0.6 is 23.5 Å². The molecule has 0 saturated carbocycles. The van der Waals surface area contributed by atoms with Gasteiger partial charge in [0, 0.05) is 25.0 Å². The van der Waals surface area contributed by atoms with Crippen LogP contribution in [0.25, 0.3) is 0 Å². The Morgan fingerprint density at radius 1 is 1.41 bits per heavy atom. The van der Waals surface area contributed by atoms with Crippen molar-refractivity contribution in [2.75, 3.05) is 42.0 Å². The number of nitrogens with two attached hydrogens (primary N) is 1. The number of aliphatic hydroxyl groups is 1. The average Bonchev–Trinajstić information content (AvgIpc) is 2.33. The summed E-state index contributed by atoms with van der Waals surface area (Å²) in [5.74, 6) is 3.22. The summed E-state index contributed by atoms with van der Waals surface area (Å²) < 4.78 is 0. The lowest BCUT2D eigenvalue weighted by Gasteiger charge is -2.07. The fourth-order valence-electron chi connectivity index (χ4n) is 1.14. The summed E-state index contributed by atoms with van der Waals surface area (Å²) >= 11 is 3.28. The van der Waals surface area contributed by atoms with E-state index in [1.807, 2.05) is 18.0 Å².